The number of aldehydes is 1. The Morgan fingerprint density at radius 2 is 1.76 bits per heavy atom. The maximum Gasteiger partial charge on any atom is 0.410 e. The van der Waals surface area contributed by atoms with Gasteiger partial charge in [0.2, 0.25) is 0 Å². The highest BCUT2D eigenvalue weighted by Crippen LogP contribution is 2.39. The van der Waals surface area contributed by atoms with Gasteiger partial charge in [0.15, 0.2) is 5.79 Å². The van der Waals surface area contributed by atoms with E-state index in [1.54, 1.807) is 12.0 Å². The van der Waals surface area contributed by atoms with Crippen molar-refractivity contribution in [2.45, 2.75) is 70.8 Å². The molecule has 1 fully saturated rings. The van der Waals surface area contributed by atoms with E-state index in [2.05, 4.69) is 0 Å². The smallest absolute Gasteiger partial charge is 0.410 e. The molecule has 1 heterocycles. The second kappa shape index (κ2) is 10.4. The number of hydrogen-bond acceptors (Lipinski definition) is 6. The fourth-order valence-corrected chi connectivity index (χ4v) is 4.28. The molecular formula is C26H33NO6. The zero-order valence-corrected chi connectivity index (χ0v) is 19.9. The molecule has 7 nitrogen and oxygen atoms in total. The number of ether oxygens (including phenoxy) is 4. The molecule has 1 aliphatic rings. The minimum absolute atomic E-state index is 0.0675. The Balaban J connectivity index is 1.93. The normalized spacial score (nSPS) is 21.1. The molecule has 0 unspecified atom stereocenters. The summed E-state index contributed by atoms with van der Waals surface area (Å²) in [6.07, 6.45) is -0.504. The summed E-state index contributed by atoms with van der Waals surface area (Å²) in [5.74, 6) is -0.107. The van der Waals surface area contributed by atoms with E-state index in [-0.39, 0.29) is 25.7 Å². The van der Waals surface area contributed by atoms with E-state index in [0.717, 1.165) is 23.2 Å². The third kappa shape index (κ3) is 5.92. The molecule has 0 aliphatic carbocycles. The number of rotatable bonds is 9. The molecule has 3 atom stereocenters. The van der Waals surface area contributed by atoms with Gasteiger partial charge in [-0.3, -0.25) is 4.90 Å². The Kier molecular flexibility index (Phi) is 7.76. The summed E-state index contributed by atoms with van der Waals surface area (Å²) in [4.78, 5) is 26.8. The highest BCUT2D eigenvalue weighted by molar-refractivity contribution is 5.70. The minimum atomic E-state index is -0.997. The Morgan fingerprint density at radius 3 is 2.30 bits per heavy atom. The van der Waals surface area contributed by atoms with Crippen LogP contribution in [-0.4, -0.2) is 47.9 Å². The van der Waals surface area contributed by atoms with Crippen LogP contribution in [0.4, 0.5) is 4.79 Å². The van der Waals surface area contributed by atoms with Crippen molar-refractivity contribution in [3.63, 3.8) is 0 Å². The number of amides is 1. The molecule has 7 heteroatoms. The second-order valence-corrected chi connectivity index (χ2v) is 8.96. The van der Waals surface area contributed by atoms with Crippen LogP contribution in [-0.2, 0) is 32.2 Å². The number of benzene rings is 2. The lowest BCUT2D eigenvalue weighted by atomic mass is 9.86. The van der Waals surface area contributed by atoms with Crippen molar-refractivity contribution in [1.82, 2.24) is 4.90 Å². The fraction of sp³-hybridized carbons (Fsp3) is 0.462. The van der Waals surface area contributed by atoms with Crippen LogP contribution in [0.25, 0.3) is 0 Å². The van der Waals surface area contributed by atoms with Gasteiger partial charge in [0, 0.05) is 13.0 Å². The number of nitrogens with zero attached hydrogens (tertiary/aromatic N) is 1. The lowest BCUT2D eigenvalue weighted by Crippen LogP contribution is -2.59. The molecule has 0 N–H and O–H groups in total. The molecule has 2 aromatic carbocycles. The van der Waals surface area contributed by atoms with Gasteiger partial charge in [-0.1, -0.05) is 42.5 Å². The summed E-state index contributed by atoms with van der Waals surface area (Å²) in [6, 6.07) is 16.9. The van der Waals surface area contributed by atoms with Crippen molar-refractivity contribution in [3.8, 4) is 5.75 Å². The van der Waals surface area contributed by atoms with Crippen molar-refractivity contribution in [3.05, 3.63) is 65.7 Å². The van der Waals surface area contributed by atoms with Crippen molar-refractivity contribution in [2.75, 3.05) is 7.11 Å². The van der Waals surface area contributed by atoms with E-state index in [1.807, 2.05) is 82.3 Å². The monoisotopic (exact) mass is 455 g/mol. The van der Waals surface area contributed by atoms with E-state index in [9.17, 15) is 9.59 Å². The average Bonchev–Trinajstić information content (AvgIpc) is 3.09. The lowest BCUT2D eigenvalue weighted by molar-refractivity contribution is -0.159. The van der Waals surface area contributed by atoms with Gasteiger partial charge in [0.05, 0.1) is 18.8 Å². The summed E-state index contributed by atoms with van der Waals surface area (Å²) < 4.78 is 23.1. The van der Waals surface area contributed by atoms with Crippen LogP contribution in [0.5, 0.6) is 5.75 Å². The number of carbonyl (C=O) groups is 2. The Morgan fingerprint density at radius 1 is 1.09 bits per heavy atom. The molecule has 1 amide bonds. The number of hydrogen-bond donors (Lipinski definition) is 0. The van der Waals surface area contributed by atoms with Crippen molar-refractivity contribution < 1.29 is 28.5 Å². The van der Waals surface area contributed by atoms with Crippen LogP contribution in [0.15, 0.2) is 54.6 Å². The second-order valence-electron chi connectivity index (χ2n) is 8.96. The zero-order chi connectivity index (χ0) is 24.1. The predicted molar refractivity (Wildman–Crippen MR) is 124 cm³/mol. The molecule has 2 aromatic rings. The molecule has 33 heavy (non-hydrogen) atoms. The van der Waals surface area contributed by atoms with Crippen molar-refractivity contribution in [2.24, 2.45) is 0 Å². The average molecular weight is 456 g/mol. The Hall–Kier alpha value is -2.90. The molecule has 0 radical (unpaired) electrons. The van der Waals surface area contributed by atoms with Gasteiger partial charge in [-0.25, -0.2) is 4.79 Å². The topological polar surface area (TPSA) is 74.3 Å². The van der Waals surface area contributed by atoms with Crippen LogP contribution < -0.4 is 4.74 Å². The number of methoxy groups -OCH3 is 1. The summed E-state index contributed by atoms with van der Waals surface area (Å²) in [6.45, 7) is 7.75. The first-order valence-electron chi connectivity index (χ1n) is 11.1. The maximum absolute atomic E-state index is 13.5. The molecular weight excluding hydrogens is 422 g/mol. The predicted octanol–water partition coefficient (Wildman–Crippen LogP) is 4.72. The quantitative estimate of drug-likeness (QED) is 0.509. The van der Waals surface area contributed by atoms with E-state index < -0.39 is 23.5 Å². The van der Waals surface area contributed by atoms with Crippen LogP contribution in [0, 0.1) is 0 Å². The first kappa shape index (κ1) is 24.7. The van der Waals surface area contributed by atoms with Gasteiger partial charge in [0.1, 0.15) is 24.7 Å². The third-order valence-electron chi connectivity index (χ3n) is 5.96. The SMILES string of the molecule is COc1ccc(CN(C(=O)OCc2ccccc2)[C@@](C)(CC=O)[C@@H]2OC(C)(C)O[C@H]2C)cc1. The molecule has 1 saturated heterocycles. The minimum Gasteiger partial charge on any atom is -0.497 e. The number of carbonyl (C=O) groups excluding carboxylic acids is 2. The molecule has 0 spiro atoms. The molecule has 0 aromatic heterocycles. The van der Waals surface area contributed by atoms with Crippen LogP contribution in [0.3, 0.4) is 0 Å². The van der Waals surface area contributed by atoms with E-state index >= 15 is 0 Å². The molecule has 1 aliphatic heterocycles. The van der Waals surface area contributed by atoms with E-state index in [1.165, 1.54) is 0 Å². The van der Waals surface area contributed by atoms with Gasteiger partial charge >= 0.3 is 6.09 Å². The Labute approximate surface area is 195 Å². The van der Waals surface area contributed by atoms with Crippen molar-refractivity contribution in [1.29, 1.82) is 0 Å². The summed E-state index contributed by atoms with van der Waals surface area (Å²) in [7, 11) is 1.60. The fourth-order valence-electron chi connectivity index (χ4n) is 4.28. The summed E-state index contributed by atoms with van der Waals surface area (Å²) in [5, 5.41) is 0. The molecule has 0 saturated carbocycles. The molecule has 178 valence electrons. The van der Waals surface area contributed by atoms with Gasteiger partial charge in [-0.05, 0) is 51.0 Å². The Bertz CT molecular complexity index is 930. The lowest BCUT2D eigenvalue weighted by Gasteiger charge is -2.44. The van der Waals surface area contributed by atoms with Gasteiger partial charge in [-0.2, -0.15) is 0 Å². The molecule has 0 bridgehead atoms. The zero-order valence-electron chi connectivity index (χ0n) is 19.9. The molecule has 3 rings (SSSR count). The van der Waals surface area contributed by atoms with Gasteiger partial charge in [-0.15, -0.1) is 0 Å². The van der Waals surface area contributed by atoms with Crippen molar-refractivity contribution >= 4 is 12.4 Å². The van der Waals surface area contributed by atoms with E-state index in [0.29, 0.717) is 0 Å². The summed E-state index contributed by atoms with van der Waals surface area (Å²) in [5.41, 5.74) is 0.750. The van der Waals surface area contributed by atoms with Crippen LogP contribution >= 0.6 is 0 Å². The first-order valence-corrected chi connectivity index (χ1v) is 11.1. The van der Waals surface area contributed by atoms with Crippen LogP contribution in [0.2, 0.25) is 0 Å². The third-order valence-corrected chi connectivity index (χ3v) is 5.96. The highest BCUT2D eigenvalue weighted by atomic mass is 16.8. The van der Waals surface area contributed by atoms with Gasteiger partial charge in [0.25, 0.3) is 0 Å². The standard InChI is InChI=1S/C26H33NO6/c1-19-23(33-25(2,3)32-19)26(4,15-16-28)27(17-20-11-13-22(30-5)14-12-20)24(29)31-18-21-9-7-6-8-10-21/h6-14,16,19,23H,15,17-18H2,1-5H3/t19-,23+,26-/m0/s1. The first-order chi connectivity index (χ1) is 15.7. The largest absolute Gasteiger partial charge is 0.497 e. The van der Waals surface area contributed by atoms with Gasteiger partial charge < -0.3 is 23.7 Å². The highest BCUT2D eigenvalue weighted by Gasteiger charge is 2.53. The van der Waals surface area contributed by atoms with E-state index in [4.69, 9.17) is 18.9 Å². The maximum atomic E-state index is 13.5. The summed E-state index contributed by atoms with van der Waals surface area (Å²) >= 11 is 0. The van der Waals surface area contributed by atoms with Crippen LogP contribution in [0.1, 0.15) is 45.2 Å².